The third-order valence-electron chi connectivity index (χ3n) is 7.54. The first-order valence-electron chi connectivity index (χ1n) is 16.8. The lowest BCUT2D eigenvalue weighted by Crippen LogP contribution is -2.31. The van der Waals surface area contributed by atoms with Crippen LogP contribution in [0.15, 0.2) is 40.6 Å². The number of hydrogen-bond acceptors (Lipinski definition) is 12. The second-order valence-electron chi connectivity index (χ2n) is 11.3. The molecule has 0 saturated heterocycles. The van der Waals surface area contributed by atoms with Crippen molar-refractivity contribution in [3.05, 3.63) is 58.5 Å². The zero-order chi connectivity index (χ0) is 36.6. The molecule has 1 aromatic heterocycles. The van der Waals surface area contributed by atoms with Crippen LogP contribution >= 0.6 is 11.3 Å². The summed E-state index contributed by atoms with van der Waals surface area (Å²) in [6.07, 6.45) is 8.15. The van der Waals surface area contributed by atoms with Crippen LogP contribution in [-0.4, -0.2) is 88.1 Å². The standard InChI is InChI=1S/C36H49N5O8S/c1-5-6-7-8-9-10-11-29(36(44)45)25-33(43)49-23-22-48-21-20-47-18-15-41(14-17-46-19-16-42)30-12-13-32(27(2)24-30)39-40-35-31(26-37)28(3)34(38-4)50-35/h9-10,12-13,24,29,42H,5-8,11,14-23,25H2,1-3H3,(H,44,45)/b10-9+,40-39?. The summed E-state index contributed by atoms with van der Waals surface area (Å²) >= 11 is 1.14. The van der Waals surface area contributed by atoms with Gasteiger partial charge in [-0.2, -0.15) is 5.26 Å². The van der Waals surface area contributed by atoms with Crippen molar-refractivity contribution < 1.29 is 38.7 Å². The van der Waals surface area contributed by atoms with Gasteiger partial charge in [-0.1, -0.05) is 31.9 Å². The minimum Gasteiger partial charge on any atom is -0.481 e. The van der Waals surface area contributed by atoms with Crippen LogP contribution in [0.1, 0.15) is 62.1 Å². The largest absolute Gasteiger partial charge is 0.481 e. The smallest absolute Gasteiger partial charge is 0.307 e. The van der Waals surface area contributed by atoms with Crippen LogP contribution in [0, 0.1) is 37.7 Å². The Hall–Kier alpha value is -4.18. The molecular formula is C36H49N5O8S. The van der Waals surface area contributed by atoms with Crippen LogP contribution in [-0.2, 0) is 28.5 Å². The molecule has 0 aliphatic rings. The Balaban J connectivity index is 1.78. The number of rotatable bonds is 26. The molecule has 0 amide bonds. The number of ether oxygens (including phenoxy) is 4. The lowest BCUT2D eigenvalue weighted by molar-refractivity contribution is -0.152. The lowest BCUT2D eigenvalue weighted by Gasteiger charge is -2.25. The zero-order valence-corrected chi connectivity index (χ0v) is 30.1. The second-order valence-corrected chi connectivity index (χ2v) is 12.3. The Morgan fingerprint density at radius 2 is 1.74 bits per heavy atom. The number of hydrogen-bond donors (Lipinski definition) is 2. The van der Waals surface area contributed by atoms with Gasteiger partial charge in [0.1, 0.15) is 17.7 Å². The maximum Gasteiger partial charge on any atom is 0.307 e. The number of unbranched alkanes of at least 4 members (excludes halogenated alkanes) is 3. The van der Waals surface area contributed by atoms with Gasteiger partial charge in [-0.05, 0) is 62.4 Å². The Morgan fingerprint density at radius 3 is 2.38 bits per heavy atom. The summed E-state index contributed by atoms with van der Waals surface area (Å²) in [5.74, 6) is -2.39. The summed E-state index contributed by atoms with van der Waals surface area (Å²) in [5, 5.41) is 37.4. The highest BCUT2D eigenvalue weighted by atomic mass is 32.1. The molecule has 1 unspecified atom stereocenters. The maximum atomic E-state index is 12.1. The predicted molar refractivity (Wildman–Crippen MR) is 192 cm³/mol. The van der Waals surface area contributed by atoms with Crippen LogP contribution in [0.2, 0.25) is 0 Å². The Morgan fingerprint density at radius 1 is 1.04 bits per heavy atom. The lowest BCUT2D eigenvalue weighted by atomic mass is 10.0. The van der Waals surface area contributed by atoms with E-state index in [1.165, 1.54) is 0 Å². The average Bonchev–Trinajstić information content (AvgIpc) is 3.42. The number of carboxylic acids is 1. The molecule has 0 spiro atoms. The maximum absolute atomic E-state index is 12.1. The van der Waals surface area contributed by atoms with Crippen molar-refractivity contribution in [1.29, 1.82) is 5.26 Å². The monoisotopic (exact) mass is 711 g/mol. The highest BCUT2D eigenvalue weighted by Crippen LogP contribution is 2.41. The summed E-state index contributed by atoms with van der Waals surface area (Å²) < 4.78 is 21.9. The molecular weight excluding hydrogens is 662 g/mol. The predicted octanol–water partition coefficient (Wildman–Crippen LogP) is 7.21. The second kappa shape index (κ2) is 24.9. The molecule has 50 heavy (non-hydrogen) atoms. The van der Waals surface area contributed by atoms with Gasteiger partial charge in [0.2, 0.25) is 5.00 Å². The summed E-state index contributed by atoms with van der Waals surface area (Å²) in [7, 11) is 0. The molecule has 14 heteroatoms. The van der Waals surface area contributed by atoms with E-state index in [-0.39, 0.29) is 32.8 Å². The number of allylic oxidation sites excluding steroid dienone is 2. The van der Waals surface area contributed by atoms with Gasteiger partial charge in [0, 0.05) is 18.8 Å². The normalized spacial score (nSPS) is 11.9. The first kappa shape index (κ1) is 42.0. The fourth-order valence-electron chi connectivity index (χ4n) is 4.69. The van der Waals surface area contributed by atoms with Crippen molar-refractivity contribution in [2.45, 2.75) is 59.3 Å². The SMILES string of the molecule is [C-]#[N+]c1sc(N=Nc2ccc(N(CCOCCO)CCOCCOCCOC(=O)CC(C/C=C/CCCCC)C(=O)O)cc2C)c(C#N)c1C. The number of aryl methyl sites for hydroxylation is 1. The van der Waals surface area contributed by atoms with Crippen LogP contribution in [0.25, 0.3) is 4.85 Å². The minimum absolute atomic E-state index is 0.0308. The van der Waals surface area contributed by atoms with E-state index in [2.05, 4.69) is 33.0 Å². The molecule has 272 valence electrons. The van der Waals surface area contributed by atoms with Crippen LogP contribution < -0.4 is 4.90 Å². The number of thiophene rings is 1. The van der Waals surface area contributed by atoms with Crippen LogP contribution in [0.3, 0.4) is 0 Å². The third-order valence-corrected chi connectivity index (χ3v) is 8.61. The van der Waals surface area contributed by atoms with Crippen molar-refractivity contribution >= 4 is 44.7 Å². The number of azo groups is 1. The number of anilines is 1. The third kappa shape index (κ3) is 15.6. The number of aliphatic carboxylic acids is 1. The number of carboxylic acid groups (broad SMARTS) is 1. The number of carbonyl (C=O) groups excluding carboxylic acids is 1. The van der Waals surface area contributed by atoms with Gasteiger partial charge in [0.15, 0.2) is 0 Å². The topological polar surface area (TPSA) is 168 Å². The van der Waals surface area contributed by atoms with Gasteiger partial charge in [-0.25, -0.2) is 4.85 Å². The summed E-state index contributed by atoms with van der Waals surface area (Å²) in [6.45, 7) is 16.0. The fraction of sp³-hybridized carbons (Fsp3) is 0.556. The van der Waals surface area contributed by atoms with E-state index in [0.717, 1.165) is 48.3 Å². The van der Waals surface area contributed by atoms with Crippen LogP contribution in [0.4, 0.5) is 21.4 Å². The van der Waals surface area contributed by atoms with E-state index in [9.17, 15) is 20.0 Å². The number of nitrogens with zero attached hydrogens (tertiary/aromatic N) is 5. The number of aliphatic hydroxyl groups is 1. The summed E-state index contributed by atoms with van der Waals surface area (Å²) in [5.41, 5.74) is 3.40. The van der Waals surface area contributed by atoms with Gasteiger partial charge in [0.05, 0.1) is 76.4 Å². The molecule has 2 rings (SSSR count). The Labute approximate surface area is 298 Å². The number of nitriles is 1. The van der Waals surface area contributed by atoms with E-state index in [1.54, 1.807) is 6.92 Å². The molecule has 1 aromatic carbocycles. The number of aliphatic hydroxyl groups excluding tert-OH is 1. The van der Waals surface area contributed by atoms with Crippen molar-refractivity contribution in [2.75, 3.05) is 70.8 Å². The van der Waals surface area contributed by atoms with Gasteiger partial charge in [0.25, 0.3) is 0 Å². The Kier molecular flexibility index (Phi) is 20.9. The highest BCUT2D eigenvalue weighted by molar-refractivity contribution is 7.20. The van der Waals surface area contributed by atoms with Crippen LogP contribution in [0.5, 0.6) is 0 Å². The van der Waals surface area contributed by atoms with Gasteiger partial charge in [-0.15, -0.1) is 21.6 Å². The van der Waals surface area contributed by atoms with E-state index in [0.29, 0.717) is 72.8 Å². The highest BCUT2D eigenvalue weighted by Gasteiger charge is 2.21. The summed E-state index contributed by atoms with van der Waals surface area (Å²) in [6, 6.07) is 7.84. The van der Waals surface area contributed by atoms with E-state index in [1.807, 2.05) is 37.3 Å². The Bertz CT molecular complexity index is 1480. The van der Waals surface area contributed by atoms with Gasteiger partial charge in [-0.3, -0.25) is 9.59 Å². The average molecular weight is 712 g/mol. The summed E-state index contributed by atoms with van der Waals surface area (Å²) in [4.78, 5) is 29.2. The number of carbonyl (C=O) groups is 2. The van der Waals surface area contributed by atoms with Crippen molar-refractivity contribution in [3.8, 4) is 6.07 Å². The van der Waals surface area contributed by atoms with Crippen molar-refractivity contribution in [2.24, 2.45) is 16.1 Å². The molecule has 2 N–H and O–H groups in total. The molecule has 2 aromatic rings. The first-order valence-corrected chi connectivity index (χ1v) is 17.6. The minimum atomic E-state index is -1.02. The van der Waals surface area contributed by atoms with E-state index >= 15 is 0 Å². The number of esters is 1. The molecule has 0 fully saturated rings. The first-order chi connectivity index (χ1) is 24.2. The zero-order valence-electron chi connectivity index (χ0n) is 29.3. The fourth-order valence-corrected chi connectivity index (χ4v) is 5.55. The molecule has 0 bridgehead atoms. The molecule has 1 atom stereocenters. The van der Waals surface area contributed by atoms with E-state index in [4.69, 9.17) is 30.6 Å². The van der Waals surface area contributed by atoms with Gasteiger partial charge < -0.3 is 34.1 Å². The van der Waals surface area contributed by atoms with E-state index < -0.39 is 17.9 Å². The molecule has 1 heterocycles. The number of benzene rings is 1. The molecule has 13 nitrogen and oxygen atoms in total. The molecule has 0 radical (unpaired) electrons. The van der Waals surface area contributed by atoms with Crippen molar-refractivity contribution in [1.82, 2.24) is 0 Å². The van der Waals surface area contributed by atoms with Crippen molar-refractivity contribution in [3.63, 3.8) is 0 Å². The van der Waals surface area contributed by atoms with Gasteiger partial charge >= 0.3 is 11.9 Å². The molecule has 0 saturated carbocycles. The molecule has 0 aliphatic heterocycles. The quantitative estimate of drug-likeness (QED) is 0.0334. The molecule has 0 aliphatic carbocycles.